The number of carbonyl (C=O) groups is 1. The normalized spacial score (nSPS) is 16.5. The van der Waals surface area contributed by atoms with Gasteiger partial charge in [0.05, 0.1) is 13.2 Å². The van der Waals surface area contributed by atoms with Gasteiger partial charge >= 0.3 is 0 Å². The summed E-state index contributed by atoms with van der Waals surface area (Å²) in [6.45, 7) is 8.01. The van der Waals surface area contributed by atoms with Gasteiger partial charge in [-0.05, 0) is 37.5 Å². The van der Waals surface area contributed by atoms with Crippen LogP contribution in [0.2, 0.25) is 0 Å². The summed E-state index contributed by atoms with van der Waals surface area (Å²) >= 11 is 0. The van der Waals surface area contributed by atoms with Crippen molar-refractivity contribution in [2.24, 2.45) is 0 Å². The Hall–Kier alpha value is -3.26. The molecule has 1 atom stereocenters. The van der Waals surface area contributed by atoms with Gasteiger partial charge in [0.25, 0.3) is 0 Å². The van der Waals surface area contributed by atoms with E-state index < -0.39 is 6.04 Å². The van der Waals surface area contributed by atoms with Crippen molar-refractivity contribution in [1.29, 1.82) is 0 Å². The minimum absolute atomic E-state index is 0.0756. The molecular weight excluding hydrogens is 380 g/mol. The first kappa shape index (κ1) is 20.0. The number of aryl methyl sites for hydroxylation is 3. The molecule has 30 heavy (non-hydrogen) atoms. The van der Waals surface area contributed by atoms with Crippen molar-refractivity contribution in [3.8, 4) is 5.95 Å². The Kier molecular flexibility index (Phi) is 5.76. The lowest BCUT2D eigenvalue weighted by atomic mass is 10.1. The number of anilines is 1. The van der Waals surface area contributed by atoms with Gasteiger partial charge in [-0.25, -0.2) is 9.97 Å². The Morgan fingerprint density at radius 2 is 2.07 bits per heavy atom. The number of hydrogen-bond donors (Lipinski definition) is 1. The second-order valence-corrected chi connectivity index (χ2v) is 7.56. The molecule has 1 N–H and O–H groups in total. The first-order chi connectivity index (χ1) is 14.5. The number of aromatic nitrogens is 4. The lowest BCUT2D eigenvalue weighted by Gasteiger charge is -2.35. The van der Waals surface area contributed by atoms with E-state index in [1.165, 1.54) is 11.1 Å². The fourth-order valence-corrected chi connectivity index (χ4v) is 3.49. The van der Waals surface area contributed by atoms with Crippen LogP contribution in [0.25, 0.3) is 5.95 Å². The average Bonchev–Trinajstić information content (AvgIpc) is 3.29. The number of rotatable bonds is 5. The van der Waals surface area contributed by atoms with Gasteiger partial charge in [-0.15, -0.1) is 0 Å². The monoisotopic (exact) mass is 406 g/mol. The molecule has 156 valence electrons. The largest absolute Gasteiger partial charge is 0.377 e. The van der Waals surface area contributed by atoms with E-state index in [0.29, 0.717) is 38.1 Å². The summed E-state index contributed by atoms with van der Waals surface area (Å²) in [7, 11) is 0. The van der Waals surface area contributed by atoms with Crippen molar-refractivity contribution in [2.45, 2.75) is 33.4 Å². The molecule has 4 rings (SSSR count). The molecule has 1 amide bonds. The number of ether oxygens (including phenoxy) is 1. The number of nitrogens with one attached hydrogen (secondary N) is 1. The summed E-state index contributed by atoms with van der Waals surface area (Å²) in [6, 6.07) is 7.68. The fourth-order valence-electron chi connectivity index (χ4n) is 3.49. The Morgan fingerprint density at radius 1 is 1.20 bits per heavy atom. The SMILES string of the molecule is Cc1cc(N2CCOCC2C(=O)NCc2ccc(C)c(C)c2)nc(-n2ccnc2)n1. The van der Waals surface area contributed by atoms with Gasteiger partial charge < -0.3 is 15.0 Å². The van der Waals surface area contributed by atoms with Crippen molar-refractivity contribution < 1.29 is 9.53 Å². The molecule has 3 heterocycles. The maximum atomic E-state index is 13.0. The van der Waals surface area contributed by atoms with E-state index >= 15 is 0 Å². The zero-order valence-electron chi connectivity index (χ0n) is 17.5. The van der Waals surface area contributed by atoms with Crippen molar-refractivity contribution in [3.05, 3.63) is 65.4 Å². The smallest absolute Gasteiger partial charge is 0.245 e. The second-order valence-electron chi connectivity index (χ2n) is 7.56. The van der Waals surface area contributed by atoms with E-state index in [1.807, 2.05) is 24.0 Å². The Labute approximate surface area is 175 Å². The number of carbonyl (C=O) groups excluding carboxylic acids is 1. The van der Waals surface area contributed by atoms with E-state index in [0.717, 1.165) is 11.3 Å². The van der Waals surface area contributed by atoms with Gasteiger partial charge in [-0.1, -0.05) is 18.2 Å². The molecule has 0 aliphatic carbocycles. The van der Waals surface area contributed by atoms with E-state index in [-0.39, 0.29) is 5.91 Å². The lowest BCUT2D eigenvalue weighted by Crippen LogP contribution is -2.54. The average molecular weight is 406 g/mol. The summed E-state index contributed by atoms with van der Waals surface area (Å²) in [5, 5.41) is 3.05. The van der Waals surface area contributed by atoms with Crippen molar-refractivity contribution in [1.82, 2.24) is 24.8 Å². The van der Waals surface area contributed by atoms with Crippen LogP contribution >= 0.6 is 0 Å². The molecule has 8 heteroatoms. The third-order valence-corrected chi connectivity index (χ3v) is 5.33. The van der Waals surface area contributed by atoms with Gasteiger partial charge in [0.1, 0.15) is 18.2 Å². The van der Waals surface area contributed by atoms with Crippen LogP contribution in [0.15, 0.2) is 43.0 Å². The van der Waals surface area contributed by atoms with Gasteiger partial charge in [0.15, 0.2) is 0 Å². The van der Waals surface area contributed by atoms with Gasteiger partial charge in [0, 0.05) is 37.2 Å². The molecule has 8 nitrogen and oxygen atoms in total. The first-order valence-electron chi connectivity index (χ1n) is 10.0. The molecule has 1 saturated heterocycles. The molecule has 1 aromatic carbocycles. The minimum Gasteiger partial charge on any atom is -0.377 e. The van der Waals surface area contributed by atoms with E-state index in [1.54, 1.807) is 23.3 Å². The first-order valence-corrected chi connectivity index (χ1v) is 10.0. The van der Waals surface area contributed by atoms with E-state index in [9.17, 15) is 4.79 Å². The third kappa shape index (κ3) is 4.33. The molecule has 1 aliphatic rings. The van der Waals surface area contributed by atoms with Crippen molar-refractivity contribution in [3.63, 3.8) is 0 Å². The summed E-state index contributed by atoms with van der Waals surface area (Å²) in [5.41, 5.74) is 4.36. The molecule has 1 aliphatic heterocycles. The summed E-state index contributed by atoms with van der Waals surface area (Å²) in [6.07, 6.45) is 5.14. The van der Waals surface area contributed by atoms with E-state index in [4.69, 9.17) is 4.74 Å². The molecule has 0 radical (unpaired) electrons. The number of amides is 1. The highest BCUT2D eigenvalue weighted by atomic mass is 16.5. The number of benzene rings is 1. The molecular formula is C22H26N6O2. The number of morpholine rings is 1. The Morgan fingerprint density at radius 3 is 2.83 bits per heavy atom. The zero-order valence-corrected chi connectivity index (χ0v) is 17.5. The van der Waals surface area contributed by atoms with Gasteiger partial charge in [-0.2, -0.15) is 4.98 Å². The number of imidazole rings is 1. The molecule has 3 aromatic rings. The zero-order chi connectivity index (χ0) is 21.1. The van der Waals surface area contributed by atoms with Crippen molar-refractivity contribution in [2.75, 3.05) is 24.7 Å². The maximum absolute atomic E-state index is 13.0. The quantitative estimate of drug-likeness (QED) is 0.699. The maximum Gasteiger partial charge on any atom is 0.245 e. The lowest BCUT2D eigenvalue weighted by molar-refractivity contribution is -0.124. The molecule has 0 bridgehead atoms. The van der Waals surface area contributed by atoms with Crippen LogP contribution in [0, 0.1) is 20.8 Å². The topological polar surface area (TPSA) is 85.2 Å². The minimum atomic E-state index is -0.449. The Balaban J connectivity index is 1.52. The van der Waals surface area contributed by atoms with Crippen LogP contribution in [0.3, 0.4) is 0 Å². The molecule has 1 fully saturated rings. The molecule has 0 saturated carbocycles. The predicted octanol–water partition coefficient (Wildman–Crippen LogP) is 2.11. The number of nitrogens with zero attached hydrogens (tertiary/aromatic N) is 5. The second kappa shape index (κ2) is 8.62. The van der Waals surface area contributed by atoms with E-state index in [2.05, 4.69) is 46.2 Å². The van der Waals surface area contributed by atoms with Crippen LogP contribution in [-0.4, -0.2) is 51.2 Å². The number of hydrogen-bond acceptors (Lipinski definition) is 6. The summed E-state index contributed by atoms with van der Waals surface area (Å²) in [4.78, 5) is 28.2. The molecule has 2 aromatic heterocycles. The van der Waals surface area contributed by atoms with Crippen LogP contribution in [0.5, 0.6) is 0 Å². The Bertz CT molecular complexity index is 1030. The van der Waals surface area contributed by atoms with Gasteiger partial charge in [-0.3, -0.25) is 9.36 Å². The van der Waals surface area contributed by atoms with Crippen molar-refractivity contribution >= 4 is 11.7 Å². The molecule has 0 spiro atoms. The highest BCUT2D eigenvalue weighted by Crippen LogP contribution is 2.20. The highest BCUT2D eigenvalue weighted by molar-refractivity contribution is 5.85. The third-order valence-electron chi connectivity index (χ3n) is 5.33. The van der Waals surface area contributed by atoms with Gasteiger partial charge in [0.2, 0.25) is 11.9 Å². The molecule has 1 unspecified atom stereocenters. The van der Waals surface area contributed by atoms with Crippen LogP contribution in [0.1, 0.15) is 22.4 Å². The van der Waals surface area contributed by atoms with Crippen LogP contribution < -0.4 is 10.2 Å². The summed E-state index contributed by atoms with van der Waals surface area (Å²) < 4.78 is 7.37. The van der Waals surface area contributed by atoms with Crippen LogP contribution in [0.4, 0.5) is 5.82 Å². The van der Waals surface area contributed by atoms with Crippen LogP contribution in [-0.2, 0) is 16.1 Å². The fraction of sp³-hybridized carbons (Fsp3) is 0.364. The standard InChI is InChI=1S/C22H26N6O2/c1-15-4-5-18(10-16(15)2)12-24-21(29)19-13-30-9-8-28(19)20-11-17(3)25-22(26-20)27-7-6-23-14-27/h4-7,10-11,14,19H,8-9,12-13H2,1-3H3,(H,24,29). The predicted molar refractivity (Wildman–Crippen MR) is 114 cm³/mol. The summed E-state index contributed by atoms with van der Waals surface area (Å²) in [5.74, 6) is 1.16. The highest BCUT2D eigenvalue weighted by Gasteiger charge is 2.31.